The van der Waals surface area contributed by atoms with E-state index in [4.69, 9.17) is 17.4 Å². The van der Waals surface area contributed by atoms with Crippen molar-refractivity contribution in [2.45, 2.75) is 14.7 Å². The van der Waals surface area contributed by atoms with E-state index in [2.05, 4.69) is 0 Å². The lowest BCUT2D eigenvalue weighted by molar-refractivity contribution is 0.405. The van der Waals surface area contributed by atoms with Gasteiger partial charge in [-0.1, -0.05) is 36.5 Å². The lowest BCUT2D eigenvalue weighted by atomic mass is 10.3. The second-order valence-corrected chi connectivity index (χ2v) is 4.87. The first-order chi connectivity index (χ1) is 8.20. The molecule has 0 spiro atoms. The first kappa shape index (κ1) is 12.2. The van der Waals surface area contributed by atoms with Crippen LogP contribution in [0.25, 0.3) is 0 Å². The second kappa shape index (κ2) is 5.38. The van der Waals surface area contributed by atoms with Crippen molar-refractivity contribution in [3.05, 3.63) is 48.3 Å². The zero-order valence-electron chi connectivity index (χ0n) is 9.14. The summed E-state index contributed by atoms with van der Waals surface area (Å²) in [4.78, 5) is 2.29. The summed E-state index contributed by atoms with van der Waals surface area (Å²) >= 11 is 6.57. The van der Waals surface area contributed by atoms with E-state index in [1.54, 1.807) is 13.2 Å². The maximum Gasteiger partial charge on any atom is 0.132 e. The molecule has 0 N–H and O–H groups in total. The van der Waals surface area contributed by atoms with Crippen LogP contribution in [0.4, 0.5) is 4.39 Å². The van der Waals surface area contributed by atoms with Crippen LogP contribution in [0, 0.1) is 5.82 Å². The Hall–Kier alpha value is -1.26. The van der Waals surface area contributed by atoms with Gasteiger partial charge < -0.3 is 4.74 Å². The van der Waals surface area contributed by atoms with Gasteiger partial charge in [0.1, 0.15) is 11.6 Å². The second-order valence-electron chi connectivity index (χ2n) is 3.34. The van der Waals surface area contributed by atoms with Gasteiger partial charge in [-0.05, 0) is 30.3 Å². The molecule has 0 aliphatic carbocycles. The minimum absolute atomic E-state index is 0.281. The van der Waals surface area contributed by atoms with Crippen molar-refractivity contribution in [3.63, 3.8) is 0 Å². The predicted molar refractivity (Wildman–Crippen MR) is 69.4 cm³/mol. The van der Waals surface area contributed by atoms with Crippen LogP contribution in [0.1, 0.15) is 0 Å². The van der Waals surface area contributed by atoms with Gasteiger partial charge in [0.2, 0.25) is 0 Å². The molecule has 0 aliphatic rings. The Kier molecular flexibility index (Phi) is 3.86. The van der Waals surface area contributed by atoms with Gasteiger partial charge in [-0.2, -0.15) is 0 Å². The van der Waals surface area contributed by atoms with E-state index in [0.29, 0.717) is 4.90 Å². The van der Waals surface area contributed by atoms with Crippen molar-refractivity contribution >= 4 is 24.4 Å². The first-order valence-electron chi connectivity index (χ1n) is 4.98. The minimum atomic E-state index is -0.281. The highest BCUT2D eigenvalue weighted by Crippen LogP contribution is 2.37. The fraction of sp³-hybridized carbons (Fsp3) is 0.0769. The quantitative estimate of drug-likeness (QED) is 0.805. The molecule has 0 saturated carbocycles. The molecule has 0 aliphatic heterocycles. The maximum atomic E-state index is 13.1. The van der Waals surface area contributed by atoms with Crippen LogP contribution < -0.4 is 4.74 Å². The normalized spacial score (nSPS) is 10.2. The van der Waals surface area contributed by atoms with E-state index in [9.17, 15) is 4.39 Å². The molecule has 0 bridgehead atoms. The van der Waals surface area contributed by atoms with Crippen LogP contribution in [0.5, 0.6) is 5.75 Å². The molecule has 17 heavy (non-hydrogen) atoms. The molecule has 87 valence electrons. The van der Waals surface area contributed by atoms with Crippen molar-refractivity contribution in [1.29, 1.82) is 0 Å². The summed E-state index contributed by atoms with van der Waals surface area (Å²) in [7, 11) is 1.61. The lowest BCUT2D eigenvalue weighted by Crippen LogP contribution is -1.86. The zero-order chi connectivity index (χ0) is 12.3. The molecule has 0 amide bonds. The van der Waals surface area contributed by atoms with E-state index >= 15 is 0 Å². The standard InChI is InChI=1S/C13H10FOS2/c1-15-10-4-2-3-5-12(10)17-13-8-9(14)6-7-11(13)16/h2-8H,1H3. The number of halogens is 1. The molecule has 2 rings (SSSR count). The Morgan fingerprint density at radius 3 is 2.65 bits per heavy atom. The van der Waals surface area contributed by atoms with Crippen LogP contribution in [-0.2, 0) is 0 Å². The van der Waals surface area contributed by atoms with Gasteiger partial charge in [-0.3, -0.25) is 0 Å². The largest absolute Gasteiger partial charge is 0.496 e. The number of hydrogen-bond acceptors (Lipinski definition) is 2. The van der Waals surface area contributed by atoms with E-state index in [-0.39, 0.29) is 5.82 Å². The Bertz CT molecular complexity index is 529. The molecule has 0 fully saturated rings. The molecule has 0 aromatic heterocycles. The fourth-order valence-corrected chi connectivity index (χ4v) is 2.61. The number of benzene rings is 2. The smallest absolute Gasteiger partial charge is 0.132 e. The van der Waals surface area contributed by atoms with Gasteiger partial charge in [-0.25, -0.2) is 4.39 Å². The van der Waals surface area contributed by atoms with Gasteiger partial charge in [0, 0.05) is 4.90 Å². The Morgan fingerprint density at radius 1 is 1.12 bits per heavy atom. The summed E-state index contributed by atoms with van der Waals surface area (Å²) in [6.45, 7) is 0. The predicted octanol–water partition coefficient (Wildman–Crippen LogP) is 4.54. The van der Waals surface area contributed by atoms with Gasteiger partial charge >= 0.3 is 0 Å². The van der Waals surface area contributed by atoms with Crippen molar-refractivity contribution in [1.82, 2.24) is 0 Å². The third kappa shape index (κ3) is 2.90. The van der Waals surface area contributed by atoms with Gasteiger partial charge in [-0.15, -0.1) is 0 Å². The maximum absolute atomic E-state index is 13.1. The van der Waals surface area contributed by atoms with Crippen LogP contribution in [0.3, 0.4) is 0 Å². The van der Waals surface area contributed by atoms with E-state index in [0.717, 1.165) is 15.5 Å². The summed E-state index contributed by atoms with van der Waals surface area (Å²) in [5.41, 5.74) is 0. The first-order valence-corrected chi connectivity index (χ1v) is 6.20. The number of methoxy groups -OCH3 is 1. The van der Waals surface area contributed by atoms with Crippen LogP contribution >= 0.6 is 24.4 Å². The average molecular weight is 265 g/mol. The molecule has 2 aromatic rings. The highest BCUT2D eigenvalue weighted by Gasteiger charge is 2.08. The molecular formula is C13H10FOS2. The molecule has 1 nitrogen and oxygen atoms in total. The summed E-state index contributed by atoms with van der Waals surface area (Å²) in [6.07, 6.45) is 0. The SMILES string of the molecule is COc1ccccc1Sc1cc(F)ccc1[S]. The summed E-state index contributed by atoms with van der Waals surface area (Å²) in [5.74, 6) is 0.479. The highest BCUT2D eigenvalue weighted by molar-refractivity contribution is 8.00. The molecule has 4 heteroatoms. The van der Waals surface area contributed by atoms with E-state index in [1.165, 1.54) is 23.9 Å². The number of ether oxygens (including phenoxy) is 1. The summed E-state index contributed by atoms with van der Waals surface area (Å²) in [6, 6.07) is 12.0. The van der Waals surface area contributed by atoms with Crippen molar-refractivity contribution in [2.75, 3.05) is 7.11 Å². The molecule has 0 unspecified atom stereocenters. The lowest BCUT2D eigenvalue weighted by Gasteiger charge is -2.08. The summed E-state index contributed by atoms with van der Waals surface area (Å²) in [5, 5.41) is 0. The van der Waals surface area contributed by atoms with Crippen LogP contribution in [0.15, 0.2) is 57.2 Å². The Labute approximate surface area is 109 Å². The molecule has 2 aromatic carbocycles. The Balaban J connectivity index is 2.34. The van der Waals surface area contributed by atoms with Gasteiger partial charge in [0.25, 0.3) is 0 Å². The third-order valence-electron chi connectivity index (χ3n) is 2.19. The molecule has 1 radical (unpaired) electrons. The van der Waals surface area contributed by atoms with Gasteiger partial charge in [0.05, 0.1) is 16.9 Å². The topological polar surface area (TPSA) is 9.23 Å². The molecule has 0 saturated heterocycles. The van der Waals surface area contributed by atoms with Crippen molar-refractivity contribution in [2.24, 2.45) is 0 Å². The Morgan fingerprint density at radius 2 is 1.88 bits per heavy atom. The minimum Gasteiger partial charge on any atom is -0.496 e. The van der Waals surface area contributed by atoms with Crippen molar-refractivity contribution < 1.29 is 9.13 Å². The third-order valence-corrected chi connectivity index (χ3v) is 3.79. The highest BCUT2D eigenvalue weighted by atomic mass is 32.2. The summed E-state index contributed by atoms with van der Waals surface area (Å²) < 4.78 is 18.4. The van der Waals surface area contributed by atoms with E-state index < -0.39 is 0 Å². The van der Waals surface area contributed by atoms with Crippen LogP contribution in [-0.4, -0.2) is 7.11 Å². The fourth-order valence-electron chi connectivity index (χ4n) is 1.38. The zero-order valence-corrected chi connectivity index (χ0v) is 10.8. The molecule has 0 heterocycles. The average Bonchev–Trinajstić information content (AvgIpc) is 2.34. The number of hydrogen-bond donors (Lipinski definition) is 0. The number of para-hydroxylation sites is 1. The van der Waals surface area contributed by atoms with Gasteiger partial charge in [0.15, 0.2) is 0 Å². The molecule has 0 atom stereocenters. The number of rotatable bonds is 3. The van der Waals surface area contributed by atoms with Crippen LogP contribution in [0.2, 0.25) is 0 Å². The van der Waals surface area contributed by atoms with Crippen molar-refractivity contribution in [3.8, 4) is 5.75 Å². The molecular weight excluding hydrogens is 255 g/mol. The monoisotopic (exact) mass is 265 g/mol. The van der Waals surface area contributed by atoms with E-state index in [1.807, 2.05) is 24.3 Å².